The third-order valence-electron chi connectivity index (χ3n) is 3.04. The highest BCUT2D eigenvalue weighted by Gasteiger charge is 2.03. The number of ether oxygens (including phenoxy) is 1. The SMILES string of the molecule is COc1ccc(NC(=O)CCNc2ccccc2C)cn1. The zero-order valence-electron chi connectivity index (χ0n) is 12.2. The fourth-order valence-corrected chi connectivity index (χ4v) is 1.88. The molecule has 2 rings (SSSR count). The molecule has 0 saturated heterocycles. The second kappa shape index (κ2) is 7.28. The van der Waals surface area contributed by atoms with Gasteiger partial charge in [0.25, 0.3) is 0 Å². The summed E-state index contributed by atoms with van der Waals surface area (Å²) in [5.41, 5.74) is 2.88. The fraction of sp³-hybridized carbons (Fsp3) is 0.250. The Labute approximate surface area is 124 Å². The topological polar surface area (TPSA) is 63.2 Å². The first-order valence-electron chi connectivity index (χ1n) is 6.78. The number of carbonyl (C=O) groups is 1. The molecule has 5 heteroatoms. The van der Waals surface area contributed by atoms with E-state index in [4.69, 9.17) is 4.74 Å². The lowest BCUT2D eigenvalue weighted by Crippen LogP contribution is -2.16. The second-order valence-electron chi connectivity index (χ2n) is 4.63. The summed E-state index contributed by atoms with van der Waals surface area (Å²) in [4.78, 5) is 15.9. The molecular formula is C16H19N3O2. The van der Waals surface area contributed by atoms with Crippen molar-refractivity contribution < 1.29 is 9.53 Å². The Bertz CT molecular complexity index is 597. The third kappa shape index (κ3) is 4.49. The molecule has 0 atom stereocenters. The number of anilines is 2. The Morgan fingerprint density at radius 1 is 1.24 bits per heavy atom. The molecule has 0 bridgehead atoms. The molecule has 0 spiro atoms. The van der Waals surface area contributed by atoms with Gasteiger partial charge in [0.2, 0.25) is 11.8 Å². The lowest BCUT2D eigenvalue weighted by molar-refractivity contribution is -0.115. The highest BCUT2D eigenvalue weighted by Crippen LogP contribution is 2.13. The Hall–Kier alpha value is -2.56. The Balaban J connectivity index is 1.78. The van der Waals surface area contributed by atoms with Crippen molar-refractivity contribution in [1.29, 1.82) is 0 Å². The molecule has 1 aromatic carbocycles. The van der Waals surface area contributed by atoms with Gasteiger partial charge in [0.15, 0.2) is 0 Å². The maximum atomic E-state index is 11.8. The number of rotatable bonds is 6. The number of pyridine rings is 1. The van der Waals surface area contributed by atoms with Crippen molar-refractivity contribution in [3.8, 4) is 5.88 Å². The molecule has 0 aliphatic carbocycles. The molecule has 1 heterocycles. The molecule has 2 aromatic rings. The molecule has 0 aliphatic heterocycles. The molecule has 2 N–H and O–H groups in total. The van der Waals surface area contributed by atoms with Gasteiger partial charge in [-0.3, -0.25) is 4.79 Å². The monoisotopic (exact) mass is 285 g/mol. The average molecular weight is 285 g/mol. The van der Waals surface area contributed by atoms with Crippen LogP contribution in [0.4, 0.5) is 11.4 Å². The van der Waals surface area contributed by atoms with Crippen LogP contribution >= 0.6 is 0 Å². The Kier molecular flexibility index (Phi) is 5.15. The normalized spacial score (nSPS) is 10.0. The van der Waals surface area contributed by atoms with E-state index in [1.165, 1.54) is 0 Å². The van der Waals surface area contributed by atoms with Crippen molar-refractivity contribution >= 4 is 17.3 Å². The van der Waals surface area contributed by atoms with E-state index in [0.29, 0.717) is 24.5 Å². The van der Waals surface area contributed by atoms with Gasteiger partial charge in [0, 0.05) is 24.7 Å². The van der Waals surface area contributed by atoms with Gasteiger partial charge >= 0.3 is 0 Å². The average Bonchev–Trinajstić information content (AvgIpc) is 2.50. The molecule has 1 amide bonds. The lowest BCUT2D eigenvalue weighted by atomic mass is 10.2. The van der Waals surface area contributed by atoms with Crippen molar-refractivity contribution in [3.63, 3.8) is 0 Å². The number of para-hydroxylation sites is 1. The number of aromatic nitrogens is 1. The smallest absolute Gasteiger partial charge is 0.226 e. The van der Waals surface area contributed by atoms with E-state index >= 15 is 0 Å². The lowest BCUT2D eigenvalue weighted by Gasteiger charge is -2.09. The number of hydrogen-bond donors (Lipinski definition) is 2. The second-order valence-corrected chi connectivity index (χ2v) is 4.63. The number of aryl methyl sites for hydroxylation is 1. The van der Waals surface area contributed by atoms with Crippen LogP contribution in [0.3, 0.4) is 0 Å². The van der Waals surface area contributed by atoms with Gasteiger partial charge in [-0.05, 0) is 24.6 Å². The van der Waals surface area contributed by atoms with Crippen LogP contribution in [-0.4, -0.2) is 24.5 Å². The number of hydrogen-bond acceptors (Lipinski definition) is 4. The summed E-state index contributed by atoms with van der Waals surface area (Å²) in [7, 11) is 1.55. The first-order chi connectivity index (χ1) is 10.2. The van der Waals surface area contributed by atoms with Gasteiger partial charge in [-0.25, -0.2) is 4.98 Å². The summed E-state index contributed by atoms with van der Waals surface area (Å²) < 4.78 is 4.97. The van der Waals surface area contributed by atoms with Crippen LogP contribution in [0, 0.1) is 6.92 Å². The first-order valence-corrected chi connectivity index (χ1v) is 6.78. The van der Waals surface area contributed by atoms with Crippen molar-refractivity contribution in [2.45, 2.75) is 13.3 Å². The zero-order chi connectivity index (χ0) is 15.1. The van der Waals surface area contributed by atoms with Crippen LogP contribution in [0.15, 0.2) is 42.6 Å². The van der Waals surface area contributed by atoms with Gasteiger partial charge in [0.1, 0.15) is 0 Å². The molecule has 0 fully saturated rings. The van der Waals surface area contributed by atoms with E-state index in [0.717, 1.165) is 11.3 Å². The van der Waals surface area contributed by atoms with Crippen LogP contribution in [0.5, 0.6) is 5.88 Å². The first kappa shape index (κ1) is 14.8. The zero-order valence-corrected chi connectivity index (χ0v) is 12.2. The van der Waals surface area contributed by atoms with E-state index in [-0.39, 0.29) is 5.91 Å². The van der Waals surface area contributed by atoms with Crippen LogP contribution < -0.4 is 15.4 Å². The minimum atomic E-state index is -0.0527. The minimum Gasteiger partial charge on any atom is -0.481 e. The number of benzene rings is 1. The summed E-state index contributed by atoms with van der Waals surface area (Å²) in [6, 6.07) is 11.5. The minimum absolute atomic E-state index is 0.0527. The maximum absolute atomic E-state index is 11.8. The molecule has 0 aliphatic rings. The predicted molar refractivity (Wildman–Crippen MR) is 83.7 cm³/mol. The third-order valence-corrected chi connectivity index (χ3v) is 3.04. The highest BCUT2D eigenvalue weighted by molar-refractivity contribution is 5.90. The van der Waals surface area contributed by atoms with Crippen molar-refractivity contribution in [3.05, 3.63) is 48.2 Å². The van der Waals surface area contributed by atoms with Crippen molar-refractivity contribution in [2.24, 2.45) is 0 Å². The molecule has 0 saturated carbocycles. The van der Waals surface area contributed by atoms with E-state index in [9.17, 15) is 4.79 Å². The summed E-state index contributed by atoms with van der Waals surface area (Å²) in [6.07, 6.45) is 1.96. The van der Waals surface area contributed by atoms with Gasteiger partial charge in [-0.1, -0.05) is 18.2 Å². The molecule has 1 aromatic heterocycles. The van der Waals surface area contributed by atoms with Crippen molar-refractivity contribution in [1.82, 2.24) is 4.98 Å². The molecular weight excluding hydrogens is 266 g/mol. The molecule has 0 unspecified atom stereocenters. The van der Waals surface area contributed by atoms with E-state index in [2.05, 4.69) is 15.6 Å². The number of methoxy groups -OCH3 is 1. The van der Waals surface area contributed by atoms with E-state index in [1.54, 1.807) is 25.4 Å². The van der Waals surface area contributed by atoms with Gasteiger partial charge in [-0.2, -0.15) is 0 Å². The van der Waals surface area contributed by atoms with E-state index in [1.807, 2.05) is 31.2 Å². The number of carbonyl (C=O) groups excluding carboxylic acids is 1. The maximum Gasteiger partial charge on any atom is 0.226 e. The summed E-state index contributed by atoms with van der Waals surface area (Å²) in [5, 5.41) is 6.05. The number of nitrogens with one attached hydrogen (secondary N) is 2. The fourth-order valence-electron chi connectivity index (χ4n) is 1.88. The molecule has 21 heavy (non-hydrogen) atoms. The predicted octanol–water partition coefficient (Wildman–Crippen LogP) is 2.84. The Morgan fingerprint density at radius 2 is 2.05 bits per heavy atom. The number of amides is 1. The van der Waals surface area contributed by atoms with Crippen LogP contribution in [0.2, 0.25) is 0 Å². The number of nitrogens with zero attached hydrogens (tertiary/aromatic N) is 1. The summed E-state index contributed by atoms with van der Waals surface area (Å²) in [6.45, 7) is 2.62. The highest BCUT2D eigenvalue weighted by atomic mass is 16.5. The van der Waals surface area contributed by atoms with E-state index < -0.39 is 0 Å². The molecule has 0 radical (unpaired) electrons. The van der Waals surface area contributed by atoms with Gasteiger partial charge in [0.05, 0.1) is 19.0 Å². The molecule has 110 valence electrons. The van der Waals surface area contributed by atoms with Crippen LogP contribution in [0.1, 0.15) is 12.0 Å². The van der Waals surface area contributed by atoms with Crippen molar-refractivity contribution in [2.75, 3.05) is 24.3 Å². The largest absolute Gasteiger partial charge is 0.481 e. The summed E-state index contributed by atoms with van der Waals surface area (Å²) >= 11 is 0. The standard InChI is InChI=1S/C16H19N3O2/c1-12-5-3-4-6-14(12)17-10-9-15(20)19-13-7-8-16(21-2)18-11-13/h3-8,11,17H,9-10H2,1-2H3,(H,19,20). The summed E-state index contributed by atoms with van der Waals surface area (Å²) in [5.74, 6) is 0.470. The molecule has 5 nitrogen and oxygen atoms in total. The Morgan fingerprint density at radius 3 is 2.71 bits per heavy atom. The van der Waals surface area contributed by atoms with Crippen LogP contribution in [0.25, 0.3) is 0 Å². The van der Waals surface area contributed by atoms with Crippen LogP contribution in [-0.2, 0) is 4.79 Å². The van der Waals surface area contributed by atoms with Gasteiger partial charge in [-0.15, -0.1) is 0 Å². The quantitative estimate of drug-likeness (QED) is 0.856. The van der Waals surface area contributed by atoms with Gasteiger partial charge < -0.3 is 15.4 Å².